The smallest absolute Gasteiger partial charge is 0.164 e. The Kier molecular flexibility index (Phi) is 8.75. The number of hydrogen-bond donors (Lipinski definition) is 0. The number of para-hydroxylation sites is 3. The van der Waals surface area contributed by atoms with Crippen molar-refractivity contribution in [2.75, 3.05) is 0 Å². The SMILES string of the molecule is c1ccc(-c2nc(-c3ccccc3)nc(-c3cccc(-c4cccc(-c5cccc6c7c8c(ccc7n(-c7ccccc7)c56)c(-c5ccccc5)nc5ccccc58)c4)c3)n2)cc1. The molecule has 0 bridgehead atoms. The van der Waals surface area contributed by atoms with Crippen molar-refractivity contribution in [1.29, 1.82) is 0 Å². The van der Waals surface area contributed by atoms with Gasteiger partial charge in [0.15, 0.2) is 17.5 Å². The summed E-state index contributed by atoms with van der Waals surface area (Å²) < 4.78 is 2.44. The van der Waals surface area contributed by atoms with Crippen molar-refractivity contribution >= 4 is 43.5 Å². The highest BCUT2D eigenvalue weighted by Gasteiger charge is 2.22. The number of rotatable bonds is 7. The predicted molar refractivity (Wildman–Crippen MR) is 260 cm³/mol. The molecular weight excluding hydrogens is 767 g/mol. The molecule has 0 fully saturated rings. The number of aromatic nitrogens is 5. The van der Waals surface area contributed by atoms with Crippen molar-refractivity contribution < 1.29 is 0 Å². The lowest BCUT2D eigenvalue weighted by molar-refractivity contribution is 1.07. The number of hydrogen-bond acceptors (Lipinski definition) is 4. The summed E-state index contributed by atoms with van der Waals surface area (Å²) >= 11 is 0. The summed E-state index contributed by atoms with van der Waals surface area (Å²) in [5.41, 5.74) is 13.7. The molecule has 0 saturated carbocycles. The molecule has 5 heteroatoms. The van der Waals surface area contributed by atoms with Gasteiger partial charge >= 0.3 is 0 Å². The Labute approximate surface area is 364 Å². The molecule has 0 spiro atoms. The summed E-state index contributed by atoms with van der Waals surface area (Å²) in [5, 5.41) is 5.90. The van der Waals surface area contributed by atoms with E-state index in [1.165, 1.54) is 16.2 Å². The largest absolute Gasteiger partial charge is 0.309 e. The molecule has 0 aliphatic carbocycles. The zero-order valence-corrected chi connectivity index (χ0v) is 34.1. The number of pyridine rings is 1. The fourth-order valence-corrected chi connectivity index (χ4v) is 9.13. The summed E-state index contributed by atoms with van der Waals surface area (Å²) in [6.45, 7) is 0. The monoisotopic (exact) mass is 803 g/mol. The lowest BCUT2D eigenvalue weighted by Crippen LogP contribution is -2.00. The molecule has 0 unspecified atom stereocenters. The second-order valence-electron chi connectivity index (χ2n) is 15.8. The predicted octanol–water partition coefficient (Wildman–Crippen LogP) is 14.7. The maximum absolute atomic E-state index is 5.27. The van der Waals surface area contributed by atoms with Gasteiger partial charge in [0.2, 0.25) is 0 Å². The molecular formula is C58H37N5. The van der Waals surface area contributed by atoms with Gasteiger partial charge in [0.1, 0.15) is 0 Å². The molecule has 9 aromatic carbocycles. The summed E-state index contributed by atoms with van der Waals surface area (Å²) in [4.78, 5) is 20.2. The van der Waals surface area contributed by atoms with E-state index >= 15 is 0 Å². The topological polar surface area (TPSA) is 56.5 Å². The van der Waals surface area contributed by atoms with Gasteiger partial charge < -0.3 is 4.57 Å². The van der Waals surface area contributed by atoms with Crippen LogP contribution < -0.4 is 0 Å². The first-order valence-electron chi connectivity index (χ1n) is 21.2. The third-order valence-electron chi connectivity index (χ3n) is 12.0. The van der Waals surface area contributed by atoms with Crippen molar-refractivity contribution in [3.63, 3.8) is 0 Å². The van der Waals surface area contributed by atoms with Gasteiger partial charge in [0.05, 0.1) is 22.2 Å². The van der Waals surface area contributed by atoms with Crippen LogP contribution in [0.5, 0.6) is 0 Å². The van der Waals surface area contributed by atoms with Crippen LogP contribution in [0.15, 0.2) is 224 Å². The molecule has 12 rings (SSSR count). The standard InChI is InChI=1S/C58H37N5/c1-5-18-38(19-6-1)54-48-34-35-51-53(52(48)47-30-13-14-33-50(47)59-54)49-32-17-31-46(55(49)63(51)45-28-11-4-12-29-45)43-26-15-24-41(36-43)42-25-16-27-44(37-42)58-61-56(39-20-7-2-8-21-39)60-57(62-58)40-22-9-3-10-23-40/h1-37H. The van der Waals surface area contributed by atoms with Crippen molar-refractivity contribution in [1.82, 2.24) is 24.5 Å². The molecule has 63 heavy (non-hydrogen) atoms. The molecule has 0 atom stereocenters. The van der Waals surface area contributed by atoms with Crippen LogP contribution in [-0.4, -0.2) is 24.5 Å². The van der Waals surface area contributed by atoms with Gasteiger partial charge in [-0.1, -0.05) is 188 Å². The van der Waals surface area contributed by atoms with Gasteiger partial charge in [0.25, 0.3) is 0 Å². The van der Waals surface area contributed by atoms with E-state index in [1.54, 1.807) is 0 Å². The number of benzene rings is 9. The van der Waals surface area contributed by atoms with E-state index in [1.807, 2.05) is 60.7 Å². The Bertz CT molecular complexity index is 3600. The van der Waals surface area contributed by atoms with E-state index < -0.39 is 0 Å². The van der Waals surface area contributed by atoms with Crippen molar-refractivity contribution in [2.24, 2.45) is 0 Å². The van der Waals surface area contributed by atoms with Gasteiger partial charge in [-0.2, -0.15) is 0 Å². The molecule has 3 heterocycles. The molecule has 12 aromatic rings. The van der Waals surface area contributed by atoms with Gasteiger partial charge in [-0.15, -0.1) is 0 Å². The number of fused-ring (bicyclic) bond motifs is 7. The third-order valence-corrected chi connectivity index (χ3v) is 12.0. The minimum absolute atomic E-state index is 0.628. The maximum atomic E-state index is 5.27. The Balaban J connectivity index is 1.05. The normalized spacial score (nSPS) is 11.5. The van der Waals surface area contributed by atoms with Crippen LogP contribution in [0, 0.1) is 0 Å². The Morgan fingerprint density at radius 2 is 0.794 bits per heavy atom. The van der Waals surface area contributed by atoms with E-state index in [4.69, 9.17) is 19.9 Å². The summed E-state index contributed by atoms with van der Waals surface area (Å²) in [5.74, 6) is 1.91. The van der Waals surface area contributed by atoms with Crippen LogP contribution in [0.2, 0.25) is 0 Å². The van der Waals surface area contributed by atoms with Crippen molar-refractivity contribution in [3.8, 4) is 73.4 Å². The van der Waals surface area contributed by atoms with E-state index in [9.17, 15) is 0 Å². The van der Waals surface area contributed by atoms with Crippen LogP contribution in [0.4, 0.5) is 0 Å². The van der Waals surface area contributed by atoms with E-state index in [0.29, 0.717) is 17.5 Å². The number of nitrogens with zero attached hydrogens (tertiary/aromatic N) is 5. The third kappa shape index (κ3) is 6.34. The highest BCUT2D eigenvalue weighted by Crippen LogP contribution is 2.45. The Morgan fingerprint density at radius 3 is 1.46 bits per heavy atom. The molecule has 0 radical (unpaired) electrons. The molecule has 3 aromatic heterocycles. The van der Waals surface area contributed by atoms with Gasteiger partial charge in [-0.25, -0.2) is 19.9 Å². The highest BCUT2D eigenvalue weighted by molar-refractivity contribution is 6.30. The molecule has 0 aliphatic rings. The lowest BCUT2D eigenvalue weighted by Gasteiger charge is -2.13. The second-order valence-corrected chi connectivity index (χ2v) is 15.8. The average molecular weight is 804 g/mol. The minimum atomic E-state index is 0.628. The second kappa shape index (κ2) is 15.2. The van der Waals surface area contributed by atoms with Crippen LogP contribution in [0.25, 0.3) is 117 Å². The molecule has 294 valence electrons. The van der Waals surface area contributed by atoms with Crippen LogP contribution >= 0.6 is 0 Å². The molecule has 0 aliphatic heterocycles. The minimum Gasteiger partial charge on any atom is -0.309 e. The van der Waals surface area contributed by atoms with Crippen molar-refractivity contribution in [3.05, 3.63) is 224 Å². The van der Waals surface area contributed by atoms with E-state index in [0.717, 1.165) is 83.2 Å². The lowest BCUT2D eigenvalue weighted by atomic mass is 9.94. The Morgan fingerprint density at radius 1 is 0.302 bits per heavy atom. The average Bonchev–Trinajstić information content (AvgIpc) is 3.72. The van der Waals surface area contributed by atoms with Gasteiger partial charge in [-0.3, -0.25) is 0 Å². The Hall–Kier alpha value is -8.54. The quantitative estimate of drug-likeness (QED) is 0.151. The maximum Gasteiger partial charge on any atom is 0.164 e. The molecule has 5 nitrogen and oxygen atoms in total. The van der Waals surface area contributed by atoms with E-state index in [2.05, 4.69) is 168 Å². The van der Waals surface area contributed by atoms with Crippen molar-refractivity contribution in [2.45, 2.75) is 0 Å². The summed E-state index contributed by atoms with van der Waals surface area (Å²) in [6.07, 6.45) is 0. The van der Waals surface area contributed by atoms with E-state index in [-0.39, 0.29) is 0 Å². The molecule has 0 saturated heterocycles. The summed E-state index contributed by atoms with van der Waals surface area (Å²) in [6, 6.07) is 78.8. The van der Waals surface area contributed by atoms with Gasteiger partial charge in [-0.05, 0) is 53.1 Å². The molecule has 0 amide bonds. The first-order valence-corrected chi connectivity index (χ1v) is 21.2. The first kappa shape index (κ1) is 36.3. The van der Waals surface area contributed by atoms with Crippen LogP contribution in [0.3, 0.4) is 0 Å². The zero-order valence-electron chi connectivity index (χ0n) is 34.1. The summed E-state index contributed by atoms with van der Waals surface area (Å²) in [7, 11) is 0. The highest BCUT2D eigenvalue weighted by atomic mass is 15.0. The molecule has 0 N–H and O–H groups in total. The van der Waals surface area contributed by atoms with Gasteiger partial charge in [0, 0.05) is 60.4 Å². The van der Waals surface area contributed by atoms with Crippen LogP contribution in [0.1, 0.15) is 0 Å². The fourth-order valence-electron chi connectivity index (χ4n) is 9.13. The van der Waals surface area contributed by atoms with Crippen LogP contribution in [-0.2, 0) is 0 Å². The fraction of sp³-hybridized carbons (Fsp3) is 0. The first-order chi connectivity index (χ1) is 31.2. The zero-order chi connectivity index (χ0) is 41.7.